The Morgan fingerprint density at radius 1 is 1.53 bits per heavy atom. The van der Waals surface area contributed by atoms with Crippen molar-refractivity contribution in [1.29, 1.82) is 0 Å². The van der Waals surface area contributed by atoms with Crippen LogP contribution in [0.4, 0.5) is 0 Å². The van der Waals surface area contributed by atoms with Crippen LogP contribution in [-0.4, -0.2) is 19.8 Å². The van der Waals surface area contributed by atoms with Gasteiger partial charge in [-0.25, -0.2) is 0 Å². The van der Waals surface area contributed by atoms with Crippen molar-refractivity contribution in [1.82, 2.24) is 5.43 Å². The SMILES string of the molecule is COCCCC(Cc1ccc(Br)cc1Cl)NN. The number of hydrogen-bond donors (Lipinski definition) is 2. The Morgan fingerprint density at radius 3 is 2.88 bits per heavy atom. The Labute approximate surface area is 116 Å². The zero-order valence-electron chi connectivity index (χ0n) is 9.88. The second-order valence-electron chi connectivity index (χ2n) is 3.94. The highest BCUT2D eigenvalue weighted by Gasteiger charge is 2.10. The van der Waals surface area contributed by atoms with Gasteiger partial charge in [-0.2, -0.15) is 0 Å². The van der Waals surface area contributed by atoms with Gasteiger partial charge in [-0.05, 0) is 37.0 Å². The number of nitrogens with one attached hydrogen (secondary N) is 1. The minimum atomic E-state index is 0.226. The normalized spacial score (nSPS) is 12.7. The molecule has 0 saturated heterocycles. The number of hydrazine groups is 1. The Hall–Kier alpha value is -0.130. The molecule has 3 N–H and O–H groups in total. The standard InChI is InChI=1S/C12H18BrClN2O/c1-17-6-2-3-11(16-15)7-9-4-5-10(13)8-12(9)14/h4-5,8,11,16H,2-3,6-7,15H2,1H3. The van der Waals surface area contributed by atoms with Crippen LogP contribution in [0.25, 0.3) is 0 Å². The number of rotatable bonds is 7. The monoisotopic (exact) mass is 320 g/mol. The molecule has 17 heavy (non-hydrogen) atoms. The molecule has 1 aromatic rings. The van der Waals surface area contributed by atoms with Crippen molar-refractivity contribution in [3.63, 3.8) is 0 Å². The van der Waals surface area contributed by atoms with Gasteiger partial charge in [0.1, 0.15) is 0 Å². The summed E-state index contributed by atoms with van der Waals surface area (Å²) in [6.07, 6.45) is 2.78. The van der Waals surface area contributed by atoms with E-state index >= 15 is 0 Å². The number of ether oxygens (including phenoxy) is 1. The van der Waals surface area contributed by atoms with Gasteiger partial charge in [0.05, 0.1) is 0 Å². The van der Waals surface area contributed by atoms with E-state index in [0.29, 0.717) is 0 Å². The Kier molecular flexibility index (Phi) is 7.08. The summed E-state index contributed by atoms with van der Waals surface area (Å²) in [5.74, 6) is 5.54. The summed E-state index contributed by atoms with van der Waals surface area (Å²) in [6, 6.07) is 6.14. The highest BCUT2D eigenvalue weighted by molar-refractivity contribution is 9.10. The van der Waals surface area contributed by atoms with Gasteiger partial charge in [0.25, 0.3) is 0 Å². The van der Waals surface area contributed by atoms with E-state index in [1.54, 1.807) is 7.11 Å². The Morgan fingerprint density at radius 2 is 2.29 bits per heavy atom. The highest BCUT2D eigenvalue weighted by Crippen LogP contribution is 2.23. The van der Waals surface area contributed by atoms with E-state index in [9.17, 15) is 0 Å². The van der Waals surface area contributed by atoms with E-state index < -0.39 is 0 Å². The predicted octanol–water partition coefficient (Wildman–Crippen LogP) is 2.90. The van der Waals surface area contributed by atoms with Gasteiger partial charge in [0.2, 0.25) is 0 Å². The molecule has 1 atom stereocenters. The van der Waals surface area contributed by atoms with Gasteiger partial charge in [0.15, 0.2) is 0 Å². The fourth-order valence-corrected chi connectivity index (χ4v) is 2.42. The average molecular weight is 322 g/mol. The van der Waals surface area contributed by atoms with E-state index in [2.05, 4.69) is 21.4 Å². The zero-order valence-corrected chi connectivity index (χ0v) is 12.2. The summed E-state index contributed by atoms with van der Waals surface area (Å²) < 4.78 is 6.01. The lowest BCUT2D eigenvalue weighted by Gasteiger charge is -2.16. The minimum Gasteiger partial charge on any atom is -0.385 e. The molecule has 0 radical (unpaired) electrons. The molecular formula is C12H18BrClN2O. The first-order chi connectivity index (χ1) is 8.17. The molecule has 3 nitrogen and oxygen atoms in total. The summed E-state index contributed by atoms with van der Waals surface area (Å²) in [5, 5.41) is 0.770. The summed E-state index contributed by atoms with van der Waals surface area (Å²) in [5.41, 5.74) is 3.93. The molecule has 0 fully saturated rings. The van der Waals surface area contributed by atoms with E-state index in [0.717, 1.165) is 40.9 Å². The van der Waals surface area contributed by atoms with Crippen molar-refractivity contribution in [3.8, 4) is 0 Å². The maximum Gasteiger partial charge on any atom is 0.0462 e. The Balaban J connectivity index is 2.54. The zero-order chi connectivity index (χ0) is 12.7. The molecule has 96 valence electrons. The smallest absolute Gasteiger partial charge is 0.0462 e. The first-order valence-corrected chi connectivity index (χ1v) is 6.73. The van der Waals surface area contributed by atoms with Gasteiger partial charge in [0, 0.05) is 29.3 Å². The van der Waals surface area contributed by atoms with E-state index in [1.807, 2.05) is 18.2 Å². The topological polar surface area (TPSA) is 47.3 Å². The number of halogens is 2. The third-order valence-corrected chi connectivity index (χ3v) is 3.46. The van der Waals surface area contributed by atoms with Gasteiger partial charge >= 0.3 is 0 Å². The maximum absolute atomic E-state index is 6.17. The van der Waals surface area contributed by atoms with E-state index in [1.165, 1.54) is 0 Å². The van der Waals surface area contributed by atoms with Crippen LogP contribution in [0.2, 0.25) is 5.02 Å². The lowest BCUT2D eigenvalue weighted by atomic mass is 10.0. The molecule has 0 bridgehead atoms. The Bertz CT molecular complexity index is 349. The second kappa shape index (κ2) is 8.06. The average Bonchev–Trinajstić information content (AvgIpc) is 2.31. The van der Waals surface area contributed by atoms with Crippen LogP contribution < -0.4 is 11.3 Å². The van der Waals surface area contributed by atoms with Crippen molar-refractivity contribution in [2.75, 3.05) is 13.7 Å². The molecule has 5 heteroatoms. The molecular weight excluding hydrogens is 304 g/mol. The first-order valence-electron chi connectivity index (χ1n) is 5.56. The van der Waals surface area contributed by atoms with Crippen LogP contribution in [0.15, 0.2) is 22.7 Å². The molecule has 1 aromatic carbocycles. The van der Waals surface area contributed by atoms with Crippen LogP contribution >= 0.6 is 27.5 Å². The van der Waals surface area contributed by atoms with E-state index in [4.69, 9.17) is 22.2 Å². The molecule has 0 heterocycles. The van der Waals surface area contributed by atoms with Crippen LogP contribution in [0.3, 0.4) is 0 Å². The van der Waals surface area contributed by atoms with Gasteiger partial charge in [-0.3, -0.25) is 11.3 Å². The third-order valence-electron chi connectivity index (χ3n) is 2.62. The molecule has 0 aromatic heterocycles. The molecule has 1 rings (SSSR count). The molecule has 0 aliphatic heterocycles. The van der Waals surface area contributed by atoms with Crippen LogP contribution in [-0.2, 0) is 11.2 Å². The van der Waals surface area contributed by atoms with Crippen molar-refractivity contribution in [2.45, 2.75) is 25.3 Å². The van der Waals surface area contributed by atoms with Gasteiger partial charge < -0.3 is 4.74 Å². The van der Waals surface area contributed by atoms with Crippen LogP contribution in [0.1, 0.15) is 18.4 Å². The quantitative estimate of drug-likeness (QED) is 0.461. The lowest BCUT2D eigenvalue weighted by Crippen LogP contribution is -2.37. The molecule has 0 spiro atoms. The first kappa shape index (κ1) is 14.9. The minimum absolute atomic E-state index is 0.226. The fourth-order valence-electron chi connectivity index (χ4n) is 1.67. The largest absolute Gasteiger partial charge is 0.385 e. The maximum atomic E-state index is 6.17. The summed E-state index contributed by atoms with van der Waals surface area (Å²) in [4.78, 5) is 0. The number of benzene rings is 1. The van der Waals surface area contributed by atoms with Crippen molar-refractivity contribution >= 4 is 27.5 Å². The van der Waals surface area contributed by atoms with Crippen molar-refractivity contribution in [3.05, 3.63) is 33.3 Å². The van der Waals surface area contributed by atoms with Crippen LogP contribution in [0.5, 0.6) is 0 Å². The summed E-state index contributed by atoms with van der Waals surface area (Å²) in [6.45, 7) is 0.756. The molecule has 0 amide bonds. The number of nitrogens with two attached hydrogens (primary N) is 1. The summed E-state index contributed by atoms with van der Waals surface area (Å²) in [7, 11) is 1.70. The summed E-state index contributed by atoms with van der Waals surface area (Å²) >= 11 is 9.56. The van der Waals surface area contributed by atoms with Gasteiger partial charge in [-0.1, -0.05) is 33.6 Å². The second-order valence-corrected chi connectivity index (χ2v) is 5.26. The van der Waals surface area contributed by atoms with E-state index in [-0.39, 0.29) is 6.04 Å². The highest BCUT2D eigenvalue weighted by atomic mass is 79.9. The number of methoxy groups -OCH3 is 1. The van der Waals surface area contributed by atoms with Gasteiger partial charge in [-0.15, -0.1) is 0 Å². The molecule has 0 saturated carbocycles. The predicted molar refractivity (Wildman–Crippen MR) is 75.1 cm³/mol. The fraction of sp³-hybridized carbons (Fsp3) is 0.500. The van der Waals surface area contributed by atoms with Crippen molar-refractivity contribution < 1.29 is 4.74 Å². The van der Waals surface area contributed by atoms with Crippen molar-refractivity contribution in [2.24, 2.45) is 5.84 Å². The van der Waals surface area contributed by atoms with Crippen LogP contribution in [0, 0.1) is 0 Å². The molecule has 0 aliphatic carbocycles. The molecule has 0 aliphatic rings. The lowest BCUT2D eigenvalue weighted by molar-refractivity contribution is 0.188. The molecule has 1 unspecified atom stereocenters. The number of hydrogen-bond acceptors (Lipinski definition) is 3. The third kappa shape index (κ3) is 5.36.